The number of hydrogen-bond acceptors (Lipinski definition) is 6. The van der Waals surface area contributed by atoms with E-state index in [0.717, 1.165) is 69.1 Å². The van der Waals surface area contributed by atoms with Crippen LogP contribution in [0.2, 0.25) is 0 Å². The van der Waals surface area contributed by atoms with Crippen LogP contribution >= 0.6 is 0 Å². The summed E-state index contributed by atoms with van der Waals surface area (Å²) < 4.78 is 70.5. The van der Waals surface area contributed by atoms with E-state index in [1.807, 2.05) is 34.6 Å². The molecule has 490 valence electrons. The lowest BCUT2D eigenvalue weighted by molar-refractivity contribution is -0.455. The maximum Gasteiger partial charge on any atom is 0.416 e. The molecule has 14 heteroatoms. The maximum atomic E-state index is 12.7. The molecule has 0 bridgehead atoms. The van der Waals surface area contributed by atoms with Crippen LogP contribution in [0.1, 0.15) is 193 Å². The second-order valence-corrected chi connectivity index (χ2v) is 29.9. The zero-order chi connectivity index (χ0) is 67.7. The van der Waals surface area contributed by atoms with E-state index in [9.17, 15) is 23.3 Å². The molecule has 7 aromatic rings. The van der Waals surface area contributed by atoms with Gasteiger partial charge in [0.05, 0.1) is 10.5 Å². The number of benzene rings is 7. The second-order valence-electron chi connectivity index (χ2n) is 29.9. The zero-order valence-electron chi connectivity index (χ0n) is 58.0. The van der Waals surface area contributed by atoms with Crippen molar-refractivity contribution in [1.82, 2.24) is 0 Å². The number of rotatable bonds is 5. The molecule has 4 aliphatic heterocycles. The average molecular weight is 1270 g/mol. The number of non-ortho nitro benzene ring substituents is 1. The molecule has 0 saturated heterocycles. The van der Waals surface area contributed by atoms with Gasteiger partial charge in [0.25, 0.3) is 55.4 Å². The number of alkyl halides is 3. The Balaban J connectivity index is 0.000000146. The first-order chi connectivity index (χ1) is 43.5. The topological polar surface area (TPSA) is 92.1 Å². The van der Waals surface area contributed by atoms with Crippen molar-refractivity contribution in [2.75, 3.05) is 26.9 Å². The summed E-state index contributed by atoms with van der Waals surface area (Å²) in [6.07, 6.45) is 10.9. The fraction of sp³-hybridized carbons (Fsp3) is 0.418. The van der Waals surface area contributed by atoms with E-state index in [0.29, 0.717) is 32.5 Å². The molecule has 0 aromatic heterocycles. The minimum absolute atomic E-state index is 0.000524. The quantitative estimate of drug-likeness (QED) is 0.0969. The van der Waals surface area contributed by atoms with Crippen LogP contribution in [0.4, 0.5) is 41.6 Å². The van der Waals surface area contributed by atoms with Crippen molar-refractivity contribution in [1.29, 1.82) is 0 Å². The molecule has 1 aliphatic carbocycles. The highest BCUT2D eigenvalue weighted by Crippen LogP contribution is 2.47. The third-order valence-corrected chi connectivity index (χ3v) is 17.4. The molecule has 1 fully saturated rings. The van der Waals surface area contributed by atoms with Gasteiger partial charge >= 0.3 is 6.18 Å². The summed E-state index contributed by atoms with van der Waals surface area (Å²) in [4.78, 5) is 10.4. The Kier molecular flexibility index (Phi) is 20.2. The lowest BCUT2D eigenvalue weighted by Gasteiger charge is -2.20. The molecule has 4 heterocycles. The van der Waals surface area contributed by atoms with Crippen LogP contribution in [0.15, 0.2) is 115 Å². The maximum absolute atomic E-state index is 12.7. The first-order valence-electron chi connectivity index (χ1n) is 32.6. The van der Waals surface area contributed by atoms with Crippen LogP contribution in [-0.2, 0) is 27.8 Å². The molecule has 93 heavy (non-hydrogen) atoms. The van der Waals surface area contributed by atoms with Gasteiger partial charge in [-0.15, -0.1) is 0 Å². The van der Waals surface area contributed by atoms with Crippen molar-refractivity contribution in [3.63, 3.8) is 0 Å². The number of nitrogens with zero attached hydrogens (tertiary/aromatic N) is 5. The predicted octanol–water partition coefficient (Wildman–Crippen LogP) is 19.7. The van der Waals surface area contributed by atoms with Gasteiger partial charge < -0.3 is 18.9 Å². The lowest BCUT2D eigenvalue weighted by atomic mass is 9.85. The monoisotopic (exact) mass is 1270 g/mol. The molecule has 11 nitrogen and oxygen atoms in total. The summed E-state index contributed by atoms with van der Waals surface area (Å²) in [6, 6.07) is 35.7. The van der Waals surface area contributed by atoms with E-state index in [-0.39, 0.29) is 27.3 Å². The molecule has 0 N–H and O–H groups in total. The number of hydrogen-bond donors (Lipinski definition) is 0. The Hall–Kier alpha value is -8.39. The van der Waals surface area contributed by atoms with Crippen molar-refractivity contribution >= 4 is 53.3 Å². The summed E-state index contributed by atoms with van der Waals surface area (Å²) in [6.45, 7) is 41.2. The van der Waals surface area contributed by atoms with Crippen LogP contribution in [0.3, 0.4) is 0 Å². The molecule has 1 saturated carbocycles. The van der Waals surface area contributed by atoms with Crippen molar-refractivity contribution < 1.29 is 55.3 Å². The average Bonchev–Trinajstić information content (AvgIpc) is 1.70. The summed E-state index contributed by atoms with van der Waals surface area (Å²) in [5.41, 5.74) is 19.3. The number of halogens is 3. The normalized spacial score (nSPS) is 17.0. The van der Waals surface area contributed by atoms with Crippen molar-refractivity contribution in [2.45, 2.75) is 185 Å². The highest BCUT2D eigenvalue weighted by Gasteiger charge is 2.38. The molecule has 7 aromatic carbocycles. The third-order valence-electron chi connectivity index (χ3n) is 17.4. The Labute approximate surface area is 549 Å². The smallest absolute Gasteiger partial charge is 0.416 e. The van der Waals surface area contributed by atoms with Gasteiger partial charge in [0, 0.05) is 81.3 Å². The molecule has 12 rings (SSSR count). The van der Waals surface area contributed by atoms with Gasteiger partial charge in [-0.1, -0.05) is 144 Å². The number of nitro benzene ring substituents is 1. The fourth-order valence-electron chi connectivity index (χ4n) is 12.4. The van der Waals surface area contributed by atoms with Gasteiger partial charge in [-0.05, 0) is 146 Å². The SMILES string of the molecule is Cc1cc2c(c(C(C)(C)C)c1)OC/[N+]2=C/C1CCCCC1.Cc1cc2c(c(C(C)(C)C)c1)OC/[N+]2=C/c1ccc(C(F)(F)F)cc1.Cc1cc2c(c(C(C)(C)C)c1)OC/[N+]2=C/c1ccc([N+](=O)[O-])cc1.Cc1ccc(C)c(/C=[N+]2/COc3c2cc(C)cc3C(C)(C)C)c1. The first kappa shape index (κ1) is 69.0. The first-order valence-corrected chi connectivity index (χ1v) is 32.6. The number of ether oxygens (including phenoxy) is 4. The van der Waals surface area contributed by atoms with Crippen LogP contribution in [0.5, 0.6) is 23.0 Å². The van der Waals surface area contributed by atoms with Gasteiger partial charge in [-0.3, -0.25) is 10.1 Å². The van der Waals surface area contributed by atoms with Crippen LogP contribution in [0, 0.1) is 57.6 Å². The van der Waals surface area contributed by atoms with Gasteiger partial charge in [0.2, 0.25) is 23.0 Å². The molecule has 0 radical (unpaired) electrons. The van der Waals surface area contributed by atoms with E-state index < -0.39 is 16.7 Å². The van der Waals surface area contributed by atoms with Gasteiger partial charge in [-0.25, -0.2) is 0 Å². The van der Waals surface area contributed by atoms with Gasteiger partial charge in [0.15, 0.2) is 24.9 Å². The summed E-state index contributed by atoms with van der Waals surface area (Å²) >= 11 is 0. The Morgan fingerprint density at radius 1 is 0.430 bits per heavy atom. The largest absolute Gasteiger partial charge is 0.429 e. The molecular formula is C79H96F3N5O6+4. The molecule has 0 amide bonds. The zero-order valence-corrected chi connectivity index (χ0v) is 58.0. The Bertz CT molecular complexity index is 4070. The minimum atomic E-state index is -4.32. The summed E-state index contributed by atoms with van der Waals surface area (Å²) in [5.74, 6) is 4.63. The van der Waals surface area contributed by atoms with Gasteiger partial charge in [0.1, 0.15) is 0 Å². The van der Waals surface area contributed by atoms with Crippen LogP contribution < -0.4 is 18.9 Å². The molecule has 0 unspecified atom stereocenters. The minimum Gasteiger partial charge on any atom is -0.429 e. The standard InChI is InChI=1S/C21H26NO.C20H21F3NO.C19H21N2O3.C19H28NO/c1-14-7-8-16(3)17(9-14)12-22-13-23-20-18(21(4,5)6)10-15(2)11-19(20)22;1-13-9-16(19(2,3)4)18-17(10-13)24(12-25-18)11-14-5-7-15(8-6-14)20(21,22)23;1-13-9-16(19(2,3)4)18-17(10-13)20(12-24-18)11-14-5-7-15(8-6-14)21(22)23;1-14-10-16(19(2,3)4)18-17(11-14)20(13-21-18)12-15-8-6-5-7-9-15/h7-12H,13H2,1-6H3;5-11H,12H2,1-4H3;5-11H,12H2,1-4H3;10-12,15H,5-9,13H2,1-4H3/q4*+1/b22-12-;24-11-;20-11-;20-12-. The number of nitro groups is 1. The summed E-state index contributed by atoms with van der Waals surface area (Å²) in [5, 5.41) is 10.8. The van der Waals surface area contributed by atoms with Gasteiger partial charge in [-0.2, -0.15) is 31.5 Å². The number of aryl methyl sites for hydroxylation is 6. The van der Waals surface area contributed by atoms with Crippen molar-refractivity contribution in [3.05, 3.63) is 203 Å². The molecule has 0 spiro atoms. The highest BCUT2D eigenvalue weighted by atomic mass is 19.4. The third kappa shape index (κ3) is 16.7. The van der Waals surface area contributed by atoms with E-state index >= 15 is 0 Å². The second kappa shape index (κ2) is 27.3. The van der Waals surface area contributed by atoms with E-state index in [1.165, 1.54) is 118 Å². The highest BCUT2D eigenvalue weighted by molar-refractivity contribution is 5.81. The predicted molar refractivity (Wildman–Crippen MR) is 370 cm³/mol. The van der Waals surface area contributed by atoms with Crippen LogP contribution in [-0.4, -0.2) is 75.0 Å². The number of fused-ring (bicyclic) bond motifs is 4. The Morgan fingerprint density at radius 2 is 0.774 bits per heavy atom. The van der Waals surface area contributed by atoms with E-state index in [4.69, 9.17) is 18.9 Å². The molecular weight excluding hydrogens is 1170 g/mol. The van der Waals surface area contributed by atoms with Crippen molar-refractivity contribution in [2.24, 2.45) is 5.92 Å². The molecule has 0 atom stereocenters. The fourth-order valence-corrected chi connectivity index (χ4v) is 12.4. The van der Waals surface area contributed by atoms with Crippen molar-refractivity contribution in [3.8, 4) is 23.0 Å². The molecule has 5 aliphatic rings. The summed E-state index contributed by atoms with van der Waals surface area (Å²) in [7, 11) is 0. The van der Waals surface area contributed by atoms with E-state index in [1.54, 1.807) is 12.1 Å². The van der Waals surface area contributed by atoms with Crippen LogP contribution in [0.25, 0.3) is 0 Å². The lowest BCUT2D eigenvalue weighted by Crippen LogP contribution is -2.15. The van der Waals surface area contributed by atoms with E-state index in [2.05, 4.69) is 200 Å². The Morgan fingerprint density at radius 3 is 1.13 bits per heavy atom.